The Morgan fingerprint density at radius 1 is 1.19 bits per heavy atom. The van der Waals surface area contributed by atoms with Crippen molar-refractivity contribution < 1.29 is 4.79 Å². The second kappa shape index (κ2) is 6.55. The number of carbonyl (C=O) groups excluding carboxylic acids is 1. The number of nitrogens with zero attached hydrogens (tertiary/aromatic N) is 3. The highest BCUT2D eigenvalue weighted by Gasteiger charge is 2.27. The molecule has 0 bridgehead atoms. The summed E-state index contributed by atoms with van der Waals surface area (Å²) in [5.41, 5.74) is 3.73. The third-order valence-electron chi connectivity index (χ3n) is 5.58. The molecule has 1 aliphatic carbocycles. The lowest BCUT2D eigenvalue weighted by Crippen LogP contribution is -2.29. The molecule has 2 aromatic carbocycles. The topological polar surface area (TPSA) is 67.8 Å². The Bertz CT molecular complexity index is 1140. The van der Waals surface area contributed by atoms with Gasteiger partial charge in [0, 0.05) is 18.7 Å². The van der Waals surface area contributed by atoms with Crippen LogP contribution in [0, 0.1) is 18.3 Å². The number of aromatic nitrogens is 2. The van der Waals surface area contributed by atoms with Gasteiger partial charge in [-0.25, -0.2) is 4.79 Å². The number of fused-ring (bicyclic) bond motifs is 1. The molecule has 27 heavy (non-hydrogen) atoms. The third-order valence-corrected chi connectivity index (χ3v) is 5.58. The number of hydrogen-bond acceptors (Lipinski definition) is 3. The van der Waals surface area contributed by atoms with E-state index in [1.807, 2.05) is 35.8 Å². The molecule has 4 rings (SSSR count). The van der Waals surface area contributed by atoms with Gasteiger partial charge in [-0.3, -0.25) is 13.9 Å². The summed E-state index contributed by atoms with van der Waals surface area (Å²) in [6.45, 7) is 1.92. The molecule has 1 atom stereocenters. The van der Waals surface area contributed by atoms with E-state index in [0.29, 0.717) is 11.1 Å². The van der Waals surface area contributed by atoms with Gasteiger partial charge < -0.3 is 0 Å². The van der Waals surface area contributed by atoms with Crippen LogP contribution >= 0.6 is 0 Å². The van der Waals surface area contributed by atoms with Crippen LogP contribution in [0.2, 0.25) is 0 Å². The fraction of sp³-hybridized carbons (Fsp3) is 0.318. The number of imidazole rings is 1. The lowest BCUT2D eigenvalue weighted by atomic mass is 9.90. The minimum absolute atomic E-state index is 0.0367. The third kappa shape index (κ3) is 2.78. The van der Waals surface area contributed by atoms with Crippen molar-refractivity contribution in [3.63, 3.8) is 0 Å². The summed E-state index contributed by atoms with van der Waals surface area (Å²) < 4.78 is 3.47. The lowest BCUT2D eigenvalue weighted by Gasteiger charge is -2.26. The number of ketones is 1. The van der Waals surface area contributed by atoms with Crippen molar-refractivity contribution in [3.05, 3.63) is 69.6 Å². The monoisotopic (exact) mass is 359 g/mol. The molecule has 136 valence electrons. The molecule has 0 radical (unpaired) electrons. The van der Waals surface area contributed by atoms with Gasteiger partial charge in [-0.15, -0.1) is 0 Å². The van der Waals surface area contributed by atoms with E-state index in [0.717, 1.165) is 35.9 Å². The van der Waals surface area contributed by atoms with E-state index in [1.54, 1.807) is 29.8 Å². The number of rotatable bonds is 4. The summed E-state index contributed by atoms with van der Waals surface area (Å²) in [6, 6.07) is 15.2. The SMILES string of the molecule is Cc1cccc(C(=O)C(C#N)c2ccc3c(c2)n(C)c(=O)n3C2CCC2)c1. The van der Waals surface area contributed by atoms with Gasteiger partial charge in [0.15, 0.2) is 5.78 Å². The second-order valence-corrected chi connectivity index (χ2v) is 7.34. The first-order chi connectivity index (χ1) is 13.0. The minimum atomic E-state index is -0.890. The van der Waals surface area contributed by atoms with Crippen molar-refractivity contribution in [2.75, 3.05) is 0 Å². The van der Waals surface area contributed by atoms with Crippen molar-refractivity contribution in [1.29, 1.82) is 5.26 Å². The molecule has 1 aromatic heterocycles. The van der Waals surface area contributed by atoms with Crippen LogP contribution in [-0.2, 0) is 7.05 Å². The highest BCUT2D eigenvalue weighted by Crippen LogP contribution is 2.33. The van der Waals surface area contributed by atoms with Crippen LogP contribution in [0.15, 0.2) is 47.3 Å². The predicted octanol–water partition coefficient (Wildman–Crippen LogP) is 3.86. The molecule has 0 N–H and O–H groups in total. The predicted molar refractivity (Wildman–Crippen MR) is 104 cm³/mol. The molecule has 5 heteroatoms. The number of hydrogen-bond donors (Lipinski definition) is 0. The fourth-order valence-corrected chi connectivity index (χ4v) is 3.81. The molecule has 0 spiro atoms. The standard InChI is InChI=1S/C22H21N3O2/c1-14-5-3-6-16(11-14)21(26)18(13-23)15-9-10-19-20(12-15)24(2)22(27)25(19)17-7-4-8-17/h3,5-6,9-12,17-18H,4,7-8H2,1-2H3. The Morgan fingerprint density at radius 3 is 2.59 bits per heavy atom. The molecule has 0 saturated heterocycles. The highest BCUT2D eigenvalue weighted by atomic mass is 16.1. The van der Waals surface area contributed by atoms with E-state index >= 15 is 0 Å². The lowest BCUT2D eigenvalue weighted by molar-refractivity contribution is 0.0979. The Kier molecular flexibility index (Phi) is 4.19. The van der Waals surface area contributed by atoms with Gasteiger partial charge in [0.1, 0.15) is 5.92 Å². The zero-order valence-electron chi connectivity index (χ0n) is 15.5. The van der Waals surface area contributed by atoms with Crippen molar-refractivity contribution in [3.8, 4) is 6.07 Å². The Hall–Kier alpha value is -3.13. The van der Waals surface area contributed by atoms with E-state index < -0.39 is 5.92 Å². The molecule has 1 heterocycles. The Morgan fingerprint density at radius 2 is 1.96 bits per heavy atom. The summed E-state index contributed by atoms with van der Waals surface area (Å²) >= 11 is 0. The first-order valence-corrected chi connectivity index (χ1v) is 9.22. The highest BCUT2D eigenvalue weighted by molar-refractivity contribution is 6.03. The van der Waals surface area contributed by atoms with Crippen molar-refractivity contribution in [2.24, 2.45) is 7.05 Å². The maximum atomic E-state index is 12.9. The molecule has 3 aromatic rings. The largest absolute Gasteiger partial charge is 0.329 e. The molecule has 1 saturated carbocycles. The maximum absolute atomic E-state index is 12.9. The smallest absolute Gasteiger partial charge is 0.295 e. The second-order valence-electron chi connectivity index (χ2n) is 7.34. The molecular formula is C22H21N3O2. The van der Waals surface area contributed by atoms with Gasteiger partial charge >= 0.3 is 5.69 Å². The number of aryl methyl sites for hydroxylation is 2. The molecule has 1 unspecified atom stereocenters. The van der Waals surface area contributed by atoms with Crippen LogP contribution in [0.3, 0.4) is 0 Å². The average molecular weight is 359 g/mol. The summed E-state index contributed by atoms with van der Waals surface area (Å²) in [6.07, 6.45) is 3.19. The van der Waals surface area contributed by atoms with E-state index in [2.05, 4.69) is 6.07 Å². The summed E-state index contributed by atoms with van der Waals surface area (Å²) in [7, 11) is 1.74. The van der Waals surface area contributed by atoms with Crippen molar-refractivity contribution in [1.82, 2.24) is 9.13 Å². The molecule has 0 amide bonds. The first kappa shape index (κ1) is 17.3. The van der Waals surface area contributed by atoms with E-state index in [-0.39, 0.29) is 17.5 Å². The zero-order chi connectivity index (χ0) is 19.1. The van der Waals surface area contributed by atoms with Crippen molar-refractivity contribution in [2.45, 2.75) is 38.1 Å². The zero-order valence-corrected chi connectivity index (χ0v) is 15.5. The van der Waals surface area contributed by atoms with Crippen LogP contribution in [0.4, 0.5) is 0 Å². The molecule has 1 aliphatic rings. The van der Waals surface area contributed by atoms with Gasteiger partial charge in [0.2, 0.25) is 0 Å². The van der Waals surface area contributed by atoms with Crippen LogP contribution in [-0.4, -0.2) is 14.9 Å². The number of carbonyl (C=O) groups is 1. The molecule has 0 aliphatic heterocycles. The van der Waals surface area contributed by atoms with E-state index in [4.69, 9.17) is 0 Å². The number of benzene rings is 2. The fourth-order valence-electron chi connectivity index (χ4n) is 3.81. The quantitative estimate of drug-likeness (QED) is 0.664. The average Bonchev–Trinajstić information content (AvgIpc) is 2.86. The van der Waals surface area contributed by atoms with Crippen LogP contribution in [0.1, 0.15) is 52.7 Å². The van der Waals surface area contributed by atoms with Gasteiger partial charge in [-0.05, 0) is 49.9 Å². The Labute approximate surface area is 157 Å². The van der Waals surface area contributed by atoms with E-state index in [9.17, 15) is 14.9 Å². The van der Waals surface area contributed by atoms with Crippen LogP contribution < -0.4 is 5.69 Å². The van der Waals surface area contributed by atoms with Gasteiger partial charge in [0.25, 0.3) is 0 Å². The summed E-state index contributed by atoms with van der Waals surface area (Å²) in [5, 5.41) is 9.67. The van der Waals surface area contributed by atoms with E-state index in [1.165, 1.54) is 0 Å². The first-order valence-electron chi connectivity index (χ1n) is 9.22. The number of Topliss-reactive ketones (excluding diaryl/α,β-unsaturated/α-hetero) is 1. The Balaban J connectivity index is 1.79. The summed E-state index contributed by atoms with van der Waals surface area (Å²) in [5.74, 6) is -1.11. The van der Waals surface area contributed by atoms with Crippen molar-refractivity contribution >= 4 is 16.8 Å². The van der Waals surface area contributed by atoms with Gasteiger partial charge in [-0.1, -0.05) is 29.8 Å². The minimum Gasteiger partial charge on any atom is -0.295 e. The van der Waals surface area contributed by atoms with Crippen LogP contribution in [0.5, 0.6) is 0 Å². The maximum Gasteiger partial charge on any atom is 0.329 e. The molecule has 5 nitrogen and oxygen atoms in total. The molecular weight excluding hydrogens is 338 g/mol. The van der Waals surface area contributed by atoms with Gasteiger partial charge in [-0.2, -0.15) is 5.26 Å². The van der Waals surface area contributed by atoms with Crippen LogP contribution in [0.25, 0.3) is 11.0 Å². The number of nitriles is 1. The van der Waals surface area contributed by atoms with Gasteiger partial charge in [0.05, 0.1) is 17.1 Å². The molecule has 1 fully saturated rings. The normalized spacial score (nSPS) is 15.3. The summed E-state index contributed by atoms with van der Waals surface area (Å²) in [4.78, 5) is 25.5.